The van der Waals surface area contributed by atoms with Crippen molar-refractivity contribution >= 4 is 17.6 Å². The summed E-state index contributed by atoms with van der Waals surface area (Å²) in [6.07, 6.45) is 4.37. The fraction of sp³-hybridized carbons (Fsp3) is 0.467. The molecule has 4 N–H and O–H groups in total. The lowest BCUT2D eigenvalue weighted by Crippen LogP contribution is -2.43. The summed E-state index contributed by atoms with van der Waals surface area (Å²) >= 11 is 0. The highest BCUT2D eigenvalue weighted by molar-refractivity contribution is 5.96. The standard InChI is InChI=1S/C15H20FN3O2/c1-9-4-2-3-5-13(9)19-15(21)18-10-6-7-12(16)11(8-10)14(17)20/h6-9,13H,2-5H2,1H3,(H2,17,20)(H2,18,19,21)/t9-,13+/m0/s1. The van der Waals surface area contributed by atoms with E-state index in [1.807, 2.05) is 0 Å². The minimum atomic E-state index is -0.863. The summed E-state index contributed by atoms with van der Waals surface area (Å²) in [4.78, 5) is 23.0. The second kappa shape index (κ2) is 6.56. The normalized spacial score (nSPS) is 21.6. The number of carbonyl (C=O) groups is 2. The van der Waals surface area contributed by atoms with Gasteiger partial charge in [-0.2, -0.15) is 0 Å². The van der Waals surface area contributed by atoms with Gasteiger partial charge >= 0.3 is 6.03 Å². The first-order valence-corrected chi connectivity index (χ1v) is 7.14. The summed E-state index contributed by atoms with van der Waals surface area (Å²) in [6, 6.07) is 3.54. The number of halogens is 1. The van der Waals surface area contributed by atoms with Crippen molar-refractivity contribution in [2.45, 2.75) is 38.6 Å². The van der Waals surface area contributed by atoms with Crippen LogP contribution in [-0.4, -0.2) is 18.0 Å². The van der Waals surface area contributed by atoms with E-state index in [0.717, 1.165) is 25.3 Å². The molecule has 1 aliphatic carbocycles. The molecular formula is C15H20FN3O2. The van der Waals surface area contributed by atoms with Crippen LogP contribution in [0.5, 0.6) is 0 Å². The number of hydrogen-bond donors (Lipinski definition) is 3. The van der Waals surface area contributed by atoms with Crippen LogP contribution < -0.4 is 16.4 Å². The molecule has 0 unspecified atom stereocenters. The molecule has 0 bridgehead atoms. The van der Waals surface area contributed by atoms with Gasteiger partial charge in [-0.05, 0) is 37.0 Å². The Morgan fingerprint density at radius 1 is 1.29 bits per heavy atom. The molecule has 1 fully saturated rings. The van der Waals surface area contributed by atoms with Crippen LogP contribution in [0.15, 0.2) is 18.2 Å². The molecule has 1 aliphatic rings. The SMILES string of the molecule is C[C@H]1CCCC[C@H]1NC(=O)Nc1ccc(F)c(C(N)=O)c1. The molecule has 0 saturated heterocycles. The summed E-state index contributed by atoms with van der Waals surface area (Å²) < 4.78 is 13.4. The van der Waals surface area contributed by atoms with Crippen molar-refractivity contribution in [1.82, 2.24) is 5.32 Å². The van der Waals surface area contributed by atoms with Crippen molar-refractivity contribution in [3.8, 4) is 0 Å². The van der Waals surface area contributed by atoms with E-state index in [4.69, 9.17) is 5.73 Å². The van der Waals surface area contributed by atoms with E-state index < -0.39 is 11.7 Å². The van der Waals surface area contributed by atoms with Crippen LogP contribution in [0.25, 0.3) is 0 Å². The summed E-state index contributed by atoms with van der Waals surface area (Å²) in [5.74, 6) is -1.12. The molecule has 2 rings (SSSR count). The summed E-state index contributed by atoms with van der Waals surface area (Å²) in [6.45, 7) is 2.12. The van der Waals surface area contributed by atoms with Crippen LogP contribution >= 0.6 is 0 Å². The molecule has 1 saturated carbocycles. The molecule has 1 aromatic rings. The number of urea groups is 1. The number of nitrogens with two attached hydrogens (primary N) is 1. The van der Waals surface area contributed by atoms with Crippen molar-refractivity contribution in [1.29, 1.82) is 0 Å². The topological polar surface area (TPSA) is 84.2 Å². The first kappa shape index (κ1) is 15.3. The molecule has 21 heavy (non-hydrogen) atoms. The summed E-state index contributed by atoms with van der Waals surface area (Å²) in [5, 5.41) is 5.53. The molecule has 5 nitrogen and oxygen atoms in total. The predicted octanol–water partition coefficient (Wildman–Crippen LogP) is 2.62. The number of hydrogen-bond acceptors (Lipinski definition) is 2. The van der Waals surface area contributed by atoms with Gasteiger partial charge in [0.05, 0.1) is 5.56 Å². The van der Waals surface area contributed by atoms with E-state index in [1.165, 1.54) is 18.6 Å². The van der Waals surface area contributed by atoms with Crippen LogP contribution in [0.1, 0.15) is 43.0 Å². The molecule has 0 radical (unpaired) electrons. The van der Waals surface area contributed by atoms with Gasteiger partial charge in [-0.25, -0.2) is 9.18 Å². The zero-order chi connectivity index (χ0) is 15.4. The van der Waals surface area contributed by atoms with Crippen LogP contribution in [0.3, 0.4) is 0 Å². The van der Waals surface area contributed by atoms with Crippen molar-refractivity contribution in [3.63, 3.8) is 0 Å². The number of carbonyl (C=O) groups excluding carboxylic acids is 2. The zero-order valence-corrected chi connectivity index (χ0v) is 12.0. The molecule has 6 heteroatoms. The maximum absolute atomic E-state index is 13.4. The van der Waals surface area contributed by atoms with Gasteiger partial charge in [0.1, 0.15) is 5.82 Å². The number of amides is 3. The van der Waals surface area contributed by atoms with Crippen LogP contribution in [-0.2, 0) is 0 Å². The average Bonchev–Trinajstić information content (AvgIpc) is 2.43. The highest BCUT2D eigenvalue weighted by atomic mass is 19.1. The monoisotopic (exact) mass is 293 g/mol. The third kappa shape index (κ3) is 3.93. The highest BCUT2D eigenvalue weighted by Gasteiger charge is 2.22. The van der Waals surface area contributed by atoms with E-state index in [9.17, 15) is 14.0 Å². The number of primary amides is 1. The number of anilines is 1. The zero-order valence-electron chi connectivity index (χ0n) is 12.0. The second-order valence-electron chi connectivity index (χ2n) is 5.53. The second-order valence-corrected chi connectivity index (χ2v) is 5.53. The van der Waals surface area contributed by atoms with E-state index in [2.05, 4.69) is 17.6 Å². The molecule has 0 aromatic heterocycles. The van der Waals surface area contributed by atoms with Crippen LogP contribution in [0.4, 0.5) is 14.9 Å². The van der Waals surface area contributed by atoms with Crippen LogP contribution in [0.2, 0.25) is 0 Å². The van der Waals surface area contributed by atoms with Gasteiger partial charge in [0.2, 0.25) is 0 Å². The average molecular weight is 293 g/mol. The van der Waals surface area contributed by atoms with Gasteiger partial charge in [-0.3, -0.25) is 4.79 Å². The largest absolute Gasteiger partial charge is 0.366 e. The number of benzene rings is 1. The van der Waals surface area contributed by atoms with Gasteiger partial charge in [-0.1, -0.05) is 19.8 Å². The van der Waals surface area contributed by atoms with Gasteiger partial charge in [0.15, 0.2) is 0 Å². The van der Waals surface area contributed by atoms with Crippen molar-refractivity contribution in [2.75, 3.05) is 5.32 Å². The lowest BCUT2D eigenvalue weighted by Gasteiger charge is -2.29. The minimum absolute atomic E-state index is 0.148. The minimum Gasteiger partial charge on any atom is -0.366 e. The first-order chi connectivity index (χ1) is 9.97. The van der Waals surface area contributed by atoms with E-state index in [0.29, 0.717) is 11.6 Å². The molecule has 114 valence electrons. The summed E-state index contributed by atoms with van der Waals surface area (Å²) in [7, 11) is 0. The fourth-order valence-electron chi connectivity index (χ4n) is 2.66. The van der Waals surface area contributed by atoms with Gasteiger partial charge in [0, 0.05) is 11.7 Å². The Kier molecular flexibility index (Phi) is 4.77. The third-order valence-electron chi connectivity index (χ3n) is 3.92. The Balaban J connectivity index is 1.99. The molecule has 3 amide bonds. The molecule has 0 spiro atoms. The van der Waals surface area contributed by atoms with Crippen LogP contribution in [0, 0.1) is 11.7 Å². The third-order valence-corrected chi connectivity index (χ3v) is 3.92. The summed E-state index contributed by atoms with van der Waals surface area (Å²) in [5.41, 5.74) is 5.18. The fourth-order valence-corrected chi connectivity index (χ4v) is 2.66. The Bertz CT molecular complexity index is 548. The van der Waals surface area contributed by atoms with E-state index in [-0.39, 0.29) is 17.6 Å². The molecule has 0 aliphatic heterocycles. The Morgan fingerprint density at radius 2 is 2.00 bits per heavy atom. The number of nitrogens with one attached hydrogen (secondary N) is 2. The van der Waals surface area contributed by atoms with Gasteiger partial charge in [0.25, 0.3) is 5.91 Å². The van der Waals surface area contributed by atoms with Gasteiger partial charge < -0.3 is 16.4 Å². The van der Waals surface area contributed by atoms with Crippen molar-refractivity contribution in [3.05, 3.63) is 29.6 Å². The highest BCUT2D eigenvalue weighted by Crippen LogP contribution is 2.23. The first-order valence-electron chi connectivity index (χ1n) is 7.14. The maximum atomic E-state index is 13.4. The molecule has 2 atom stereocenters. The molecule has 1 aromatic carbocycles. The van der Waals surface area contributed by atoms with E-state index in [1.54, 1.807) is 0 Å². The Hall–Kier alpha value is -2.11. The van der Waals surface area contributed by atoms with Crippen molar-refractivity contribution in [2.24, 2.45) is 11.7 Å². The van der Waals surface area contributed by atoms with Gasteiger partial charge in [-0.15, -0.1) is 0 Å². The van der Waals surface area contributed by atoms with Crippen molar-refractivity contribution < 1.29 is 14.0 Å². The smallest absolute Gasteiger partial charge is 0.319 e. The lowest BCUT2D eigenvalue weighted by molar-refractivity contribution is 0.0996. The van der Waals surface area contributed by atoms with E-state index >= 15 is 0 Å². The Labute approximate surface area is 123 Å². The lowest BCUT2D eigenvalue weighted by atomic mass is 9.86. The number of rotatable bonds is 3. The molecule has 0 heterocycles. The molecular weight excluding hydrogens is 273 g/mol. The predicted molar refractivity (Wildman–Crippen MR) is 78.5 cm³/mol. The Morgan fingerprint density at radius 3 is 2.67 bits per heavy atom. The maximum Gasteiger partial charge on any atom is 0.319 e. The quantitative estimate of drug-likeness (QED) is 0.800.